The van der Waals surface area contributed by atoms with Gasteiger partial charge >= 0.3 is 0 Å². The molecule has 1 aromatic carbocycles. The number of likely N-dealkylation sites (tertiary alicyclic amines) is 1. The van der Waals surface area contributed by atoms with E-state index in [-0.39, 0.29) is 36.1 Å². The zero-order chi connectivity index (χ0) is 16.6. The second-order valence-corrected chi connectivity index (χ2v) is 7.38. The number of amides is 3. The summed E-state index contributed by atoms with van der Waals surface area (Å²) < 4.78 is 1.06. The molecular formula is C16H19IN3O3+. The molecule has 23 heavy (non-hydrogen) atoms. The number of anilines is 1. The Morgan fingerprint density at radius 3 is 2.35 bits per heavy atom. The molecule has 0 unspecified atom stereocenters. The lowest BCUT2D eigenvalue weighted by Crippen LogP contribution is -3.17. The molecule has 2 aliphatic heterocycles. The zero-order valence-electron chi connectivity index (χ0n) is 12.6. The average molecular weight is 428 g/mol. The van der Waals surface area contributed by atoms with Gasteiger partial charge in [0.05, 0.1) is 25.2 Å². The molecule has 0 bridgehead atoms. The second kappa shape index (κ2) is 6.56. The summed E-state index contributed by atoms with van der Waals surface area (Å²) in [5.41, 5.74) is 5.98. The van der Waals surface area contributed by atoms with Gasteiger partial charge in [0.1, 0.15) is 0 Å². The van der Waals surface area contributed by atoms with Gasteiger partial charge in [-0.05, 0) is 46.9 Å². The highest BCUT2D eigenvalue weighted by Gasteiger charge is 2.46. The lowest BCUT2D eigenvalue weighted by molar-refractivity contribution is -0.920. The minimum atomic E-state index is -0.337. The third kappa shape index (κ3) is 3.25. The smallest absolute Gasteiger partial charge is 0.292 e. The van der Waals surface area contributed by atoms with Crippen molar-refractivity contribution in [1.82, 2.24) is 0 Å². The van der Waals surface area contributed by atoms with Gasteiger partial charge in [0.15, 0.2) is 6.04 Å². The van der Waals surface area contributed by atoms with E-state index < -0.39 is 0 Å². The van der Waals surface area contributed by atoms with Crippen LogP contribution in [0.2, 0.25) is 0 Å². The van der Waals surface area contributed by atoms with Crippen molar-refractivity contribution in [3.8, 4) is 0 Å². The largest absolute Gasteiger partial charge is 0.369 e. The van der Waals surface area contributed by atoms with Gasteiger partial charge in [0.25, 0.3) is 5.91 Å². The Morgan fingerprint density at radius 2 is 1.78 bits per heavy atom. The first kappa shape index (κ1) is 16.4. The van der Waals surface area contributed by atoms with Crippen LogP contribution in [-0.4, -0.2) is 36.9 Å². The van der Waals surface area contributed by atoms with Crippen molar-refractivity contribution in [3.05, 3.63) is 27.8 Å². The first-order chi connectivity index (χ1) is 11.0. The SMILES string of the molecule is NC(=O)C1CC[NH+]([C@H]2CC(=O)N(c3ccc(I)cc3)C2=O)CC1. The van der Waals surface area contributed by atoms with E-state index in [0.717, 1.165) is 8.47 Å². The molecule has 0 spiro atoms. The fourth-order valence-corrected chi connectivity index (χ4v) is 3.79. The molecule has 2 aliphatic rings. The first-order valence-corrected chi connectivity index (χ1v) is 8.81. The molecule has 6 nitrogen and oxygen atoms in total. The molecule has 0 aliphatic carbocycles. The fraction of sp³-hybridized carbons (Fsp3) is 0.438. The maximum absolute atomic E-state index is 12.7. The summed E-state index contributed by atoms with van der Waals surface area (Å²) in [4.78, 5) is 38.7. The summed E-state index contributed by atoms with van der Waals surface area (Å²) in [5.74, 6) is -0.647. The van der Waals surface area contributed by atoms with Crippen LogP contribution in [0.15, 0.2) is 24.3 Å². The highest BCUT2D eigenvalue weighted by atomic mass is 127. The summed E-state index contributed by atoms with van der Waals surface area (Å²) in [6, 6.07) is 7.03. The molecule has 0 radical (unpaired) electrons. The Balaban J connectivity index is 1.72. The van der Waals surface area contributed by atoms with Crippen molar-refractivity contribution >= 4 is 46.0 Å². The number of carbonyl (C=O) groups is 3. The number of nitrogens with two attached hydrogens (primary N) is 1. The van der Waals surface area contributed by atoms with E-state index in [0.29, 0.717) is 31.6 Å². The summed E-state index contributed by atoms with van der Waals surface area (Å²) in [7, 11) is 0. The van der Waals surface area contributed by atoms with Crippen LogP contribution in [0.4, 0.5) is 5.69 Å². The number of hydrogen-bond donors (Lipinski definition) is 2. The summed E-state index contributed by atoms with van der Waals surface area (Å²) in [6.45, 7) is 1.41. The molecule has 7 heteroatoms. The third-order valence-electron chi connectivity index (χ3n) is 4.75. The Morgan fingerprint density at radius 1 is 1.17 bits per heavy atom. The molecule has 2 saturated heterocycles. The normalized spacial score (nSPS) is 28.2. The van der Waals surface area contributed by atoms with Crippen LogP contribution in [0.25, 0.3) is 0 Å². The topological polar surface area (TPSA) is 84.9 Å². The maximum atomic E-state index is 12.7. The van der Waals surface area contributed by atoms with Crippen LogP contribution in [0, 0.1) is 9.49 Å². The van der Waals surface area contributed by atoms with Crippen LogP contribution >= 0.6 is 22.6 Å². The molecule has 2 fully saturated rings. The molecule has 1 atom stereocenters. The van der Waals surface area contributed by atoms with E-state index in [1.54, 1.807) is 12.1 Å². The second-order valence-electron chi connectivity index (χ2n) is 6.14. The lowest BCUT2D eigenvalue weighted by Gasteiger charge is -2.30. The quantitative estimate of drug-likeness (QED) is 0.513. The molecule has 3 amide bonds. The van der Waals surface area contributed by atoms with Gasteiger partial charge in [-0.1, -0.05) is 0 Å². The van der Waals surface area contributed by atoms with Crippen LogP contribution < -0.4 is 15.5 Å². The number of quaternary nitrogens is 1. The van der Waals surface area contributed by atoms with E-state index >= 15 is 0 Å². The number of nitrogens with one attached hydrogen (secondary N) is 1. The standard InChI is InChI=1S/C16H18IN3O3/c17-11-1-3-12(4-2-11)20-14(21)9-13(16(20)23)19-7-5-10(6-8-19)15(18)22/h1-4,10,13H,5-9H2,(H2,18,22)/p+1/t13-/m0/s1. The maximum Gasteiger partial charge on any atom is 0.292 e. The number of rotatable bonds is 3. The summed E-state index contributed by atoms with van der Waals surface area (Å²) in [6.07, 6.45) is 1.61. The van der Waals surface area contributed by atoms with Crippen molar-refractivity contribution in [2.24, 2.45) is 11.7 Å². The Kier molecular flexibility index (Phi) is 4.67. The Bertz CT molecular complexity index is 638. The first-order valence-electron chi connectivity index (χ1n) is 7.73. The number of imide groups is 1. The van der Waals surface area contributed by atoms with E-state index in [1.165, 1.54) is 4.90 Å². The van der Waals surface area contributed by atoms with Crippen molar-refractivity contribution in [2.75, 3.05) is 18.0 Å². The predicted octanol–water partition coefficient (Wildman–Crippen LogP) is -0.297. The Hall–Kier alpha value is -1.48. The van der Waals surface area contributed by atoms with Gasteiger partial charge in [-0.3, -0.25) is 14.4 Å². The van der Waals surface area contributed by atoms with E-state index in [2.05, 4.69) is 22.6 Å². The fourth-order valence-electron chi connectivity index (χ4n) is 3.43. The van der Waals surface area contributed by atoms with Crippen molar-refractivity contribution < 1.29 is 19.3 Å². The summed E-state index contributed by atoms with van der Waals surface area (Å²) >= 11 is 2.19. The highest BCUT2D eigenvalue weighted by Crippen LogP contribution is 2.23. The molecular weight excluding hydrogens is 409 g/mol. The third-order valence-corrected chi connectivity index (χ3v) is 5.47. The monoisotopic (exact) mass is 428 g/mol. The number of carbonyl (C=O) groups excluding carboxylic acids is 3. The van der Waals surface area contributed by atoms with Crippen molar-refractivity contribution in [2.45, 2.75) is 25.3 Å². The van der Waals surface area contributed by atoms with Gasteiger partial charge < -0.3 is 10.6 Å². The van der Waals surface area contributed by atoms with Gasteiger partial charge in [0.2, 0.25) is 11.8 Å². The number of primary amides is 1. The van der Waals surface area contributed by atoms with Crippen LogP contribution in [-0.2, 0) is 14.4 Å². The highest BCUT2D eigenvalue weighted by molar-refractivity contribution is 14.1. The van der Waals surface area contributed by atoms with Crippen LogP contribution in [0.5, 0.6) is 0 Å². The van der Waals surface area contributed by atoms with E-state index in [1.807, 2.05) is 12.1 Å². The molecule has 1 aromatic rings. The minimum Gasteiger partial charge on any atom is -0.369 e. The Labute approximate surface area is 148 Å². The molecule has 122 valence electrons. The van der Waals surface area contributed by atoms with Crippen LogP contribution in [0.3, 0.4) is 0 Å². The van der Waals surface area contributed by atoms with Gasteiger partial charge in [-0.15, -0.1) is 0 Å². The van der Waals surface area contributed by atoms with E-state index in [4.69, 9.17) is 5.73 Å². The van der Waals surface area contributed by atoms with Gasteiger partial charge in [-0.2, -0.15) is 0 Å². The predicted molar refractivity (Wildman–Crippen MR) is 92.7 cm³/mol. The zero-order valence-corrected chi connectivity index (χ0v) is 14.8. The molecule has 2 heterocycles. The van der Waals surface area contributed by atoms with Crippen molar-refractivity contribution in [1.29, 1.82) is 0 Å². The molecule has 0 aromatic heterocycles. The molecule has 0 saturated carbocycles. The number of hydrogen-bond acceptors (Lipinski definition) is 3. The molecule has 3 rings (SSSR count). The number of piperidine rings is 1. The lowest BCUT2D eigenvalue weighted by atomic mass is 9.95. The summed E-state index contributed by atoms with van der Waals surface area (Å²) in [5, 5.41) is 0. The molecule has 3 N–H and O–H groups in total. The number of halogens is 1. The van der Waals surface area contributed by atoms with Crippen LogP contribution in [0.1, 0.15) is 19.3 Å². The van der Waals surface area contributed by atoms with E-state index in [9.17, 15) is 14.4 Å². The average Bonchev–Trinajstić information content (AvgIpc) is 2.83. The van der Waals surface area contributed by atoms with Gasteiger partial charge in [-0.25, -0.2) is 4.90 Å². The van der Waals surface area contributed by atoms with Gasteiger partial charge in [0, 0.05) is 22.3 Å². The number of benzene rings is 1. The van der Waals surface area contributed by atoms with Crippen molar-refractivity contribution in [3.63, 3.8) is 0 Å². The number of nitrogens with zero attached hydrogens (tertiary/aromatic N) is 1. The minimum absolute atomic E-state index is 0.0988.